The fraction of sp³-hybridized carbons (Fsp3) is 0.130. The number of hydrazone groups is 1. The predicted octanol–water partition coefficient (Wildman–Crippen LogP) is 4.82. The number of benzene rings is 3. The molecule has 28 heavy (non-hydrogen) atoms. The van der Waals surface area contributed by atoms with Crippen molar-refractivity contribution in [3.8, 4) is 5.75 Å². The van der Waals surface area contributed by atoms with Crippen molar-refractivity contribution in [3.05, 3.63) is 102 Å². The number of nitrogens with one attached hydrogen (secondary N) is 2. The van der Waals surface area contributed by atoms with E-state index in [0.717, 1.165) is 22.4 Å². The Balaban J connectivity index is 1.45. The van der Waals surface area contributed by atoms with Crippen molar-refractivity contribution in [1.82, 2.24) is 10.7 Å². The molecule has 0 aromatic heterocycles. The molecule has 0 aliphatic rings. The van der Waals surface area contributed by atoms with Crippen molar-refractivity contribution in [1.29, 1.82) is 0 Å². The first-order valence-electron chi connectivity index (χ1n) is 9.13. The molecule has 3 aromatic rings. The van der Waals surface area contributed by atoms with Crippen LogP contribution < -0.4 is 15.5 Å². The number of nitrogens with zero attached hydrogens (tertiary/aromatic N) is 1. The predicted molar refractivity (Wildman–Crippen MR) is 119 cm³/mol. The Kier molecular flexibility index (Phi) is 7.15. The maximum atomic E-state index is 5.98. The van der Waals surface area contributed by atoms with Crippen LogP contribution in [0.2, 0.25) is 0 Å². The SMILES string of the molecule is C[C@H](Oc1ccc(/C=N\NC(=S)NCc2ccccc2)cc1)c1ccccc1. The molecule has 0 amide bonds. The molecule has 0 saturated carbocycles. The molecule has 0 bridgehead atoms. The van der Waals surface area contributed by atoms with E-state index in [1.54, 1.807) is 6.21 Å². The first-order chi connectivity index (χ1) is 13.7. The van der Waals surface area contributed by atoms with E-state index < -0.39 is 0 Å². The van der Waals surface area contributed by atoms with E-state index in [1.807, 2.05) is 79.7 Å². The number of rotatable bonds is 7. The van der Waals surface area contributed by atoms with Crippen molar-refractivity contribution in [3.63, 3.8) is 0 Å². The molecule has 0 unspecified atom stereocenters. The summed E-state index contributed by atoms with van der Waals surface area (Å²) in [6.07, 6.45) is 1.72. The maximum absolute atomic E-state index is 5.98. The number of ether oxygens (including phenoxy) is 1. The van der Waals surface area contributed by atoms with Gasteiger partial charge in [0.15, 0.2) is 5.11 Å². The summed E-state index contributed by atoms with van der Waals surface area (Å²) >= 11 is 5.23. The smallest absolute Gasteiger partial charge is 0.187 e. The third-order valence-electron chi connectivity index (χ3n) is 4.14. The molecular formula is C23H23N3OS. The molecule has 1 atom stereocenters. The van der Waals surface area contributed by atoms with Gasteiger partial charge in [0.05, 0.1) is 6.21 Å². The quantitative estimate of drug-likeness (QED) is 0.345. The molecule has 0 radical (unpaired) electrons. The Morgan fingerprint density at radius 1 is 0.964 bits per heavy atom. The van der Waals surface area contributed by atoms with Crippen LogP contribution in [0.3, 0.4) is 0 Å². The van der Waals surface area contributed by atoms with E-state index in [0.29, 0.717) is 11.7 Å². The minimum absolute atomic E-state index is 0.00422. The Morgan fingerprint density at radius 3 is 2.29 bits per heavy atom. The van der Waals surface area contributed by atoms with Gasteiger partial charge in [-0.1, -0.05) is 60.7 Å². The van der Waals surface area contributed by atoms with Gasteiger partial charge in [0.25, 0.3) is 0 Å². The van der Waals surface area contributed by atoms with Crippen molar-refractivity contribution in [2.75, 3.05) is 0 Å². The summed E-state index contributed by atoms with van der Waals surface area (Å²) in [5, 5.41) is 7.77. The fourth-order valence-corrected chi connectivity index (χ4v) is 2.74. The Labute approximate surface area is 171 Å². The van der Waals surface area contributed by atoms with E-state index in [4.69, 9.17) is 17.0 Å². The van der Waals surface area contributed by atoms with Gasteiger partial charge in [-0.3, -0.25) is 5.43 Å². The zero-order valence-electron chi connectivity index (χ0n) is 15.7. The summed E-state index contributed by atoms with van der Waals surface area (Å²) in [4.78, 5) is 0. The first-order valence-corrected chi connectivity index (χ1v) is 9.54. The molecule has 0 fully saturated rings. The zero-order chi connectivity index (χ0) is 19.6. The molecule has 0 saturated heterocycles. The standard InChI is InChI=1S/C23H23N3OS/c1-18(21-10-6-3-7-11-21)27-22-14-12-20(13-15-22)17-25-26-23(28)24-16-19-8-4-2-5-9-19/h2-15,17-18H,16H2,1H3,(H2,24,26,28)/b25-17-/t18-/m0/s1. The van der Waals surface area contributed by atoms with Gasteiger partial charge < -0.3 is 10.1 Å². The van der Waals surface area contributed by atoms with Gasteiger partial charge in [-0.05, 0) is 60.1 Å². The van der Waals surface area contributed by atoms with Crippen LogP contribution in [0.4, 0.5) is 0 Å². The Morgan fingerprint density at radius 2 is 1.61 bits per heavy atom. The molecule has 0 spiro atoms. The lowest BCUT2D eigenvalue weighted by Crippen LogP contribution is -2.31. The van der Waals surface area contributed by atoms with Crippen LogP contribution >= 0.6 is 12.2 Å². The van der Waals surface area contributed by atoms with Crippen molar-refractivity contribution in [2.45, 2.75) is 19.6 Å². The maximum Gasteiger partial charge on any atom is 0.187 e. The van der Waals surface area contributed by atoms with E-state index in [1.165, 1.54) is 0 Å². The highest BCUT2D eigenvalue weighted by Crippen LogP contribution is 2.21. The molecule has 3 aromatic carbocycles. The second-order valence-electron chi connectivity index (χ2n) is 6.28. The molecule has 0 heterocycles. The van der Waals surface area contributed by atoms with Crippen molar-refractivity contribution < 1.29 is 4.74 Å². The lowest BCUT2D eigenvalue weighted by Gasteiger charge is -2.15. The molecule has 0 aliphatic heterocycles. The summed E-state index contributed by atoms with van der Waals surface area (Å²) in [6, 6.07) is 28.0. The molecule has 4 nitrogen and oxygen atoms in total. The number of hydrogen-bond acceptors (Lipinski definition) is 3. The third kappa shape index (κ3) is 6.21. The Bertz CT molecular complexity index is 896. The fourth-order valence-electron chi connectivity index (χ4n) is 2.61. The molecular weight excluding hydrogens is 366 g/mol. The second kappa shape index (κ2) is 10.2. The summed E-state index contributed by atoms with van der Waals surface area (Å²) < 4.78 is 5.98. The largest absolute Gasteiger partial charge is 0.486 e. The highest BCUT2D eigenvalue weighted by atomic mass is 32.1. The van der Waals surface area contributed by atoms with Gasteiger partial charge in [-0.25, -0.2) is 0 Å². The van der Waals surface area contributed by atoms with Crippen molar-refractivity contribution in [2.24, 2.45) is 5.10 Å². The van der Waals surface area contributed by atoms with Crippen LogP contribution in [-0.2, 0) is 6.54 Å². The average Bonchev–Trinajstić information content (AvgIpc) is 2.75. The average molecular weight is 390 g/mol. The molecule has 2 N–H and O–H groups in total. The van der Waals surface area contributed by atoms with Gasteiger partial charge in [-0.15, -0.1) is 0 Å². The van der Waals surface area contributed by atoms with Crippen LogP contribution in [0.5, 0.6) is 5.75 Å². The third-order valence-corrected chi connectivity index (χ3v) is 4.37. The molecule has 0 aliphatic carbocycles. The van der Waals surface area contributed by atoms with Crippen LogP contribution in [0, 0.1) is 0 Å². The topological polar surface area (TPSA) is 45.6 Å². The van der Waals surface area contributed by atoms with Crippen LogP contribution in [0.15, 0.2) is 90.0 Å². The van der Waals surface area contributed by atoms with Gasteiger partial charge in [-0.2, -0.15) is 5.10 Å². The lowest BCUT2D eigenvalue weighted by atomic mass is 10.1. The second-order valence-corrected chi connectivity index (χ2v) is 6.69. The minimum Gasteiger partial charge on any atom is -0.486 e. The lowest BCUT2D eigenvalue weighted by molar-refractivity contribution is 0.227. The van der Waals surface area contributed by atoms with Gasteiger partial charge in [0, 0.05) is 6.54 Å². The summed E-state index contributed by atoms with van der Waals surface area (Å²) in [7, 11) is 0. The molecule has 5 heteroatoms. The van der Waals surface area contributed by atoms with E-state index in [9.17, 15) is 0 Å². The van der Waals surface area contributed by atoms with Gasteiger partial charge in [0.1, 0.15) is 11.9 Å². The highest BCUT2D eigenvalue weighted by molar-refractivity contribution is 7.80. The van der Waals surface area contributed by atoms with Crippen LogP contribution in [0.25, 0.3) is 0 Å². The summed E-state index contributed by atoms with van der Waals surface area (Å²) in [6.45, 7) is 2.70. The minimum atomic E-state index is -0.00422. The number of hydrogen-bond donors (Lipinski definition) is 2. The monoisotopic (exact) mass is 389 g/mol. The normalized spacial score (nSPS) is 11.8. The number of thiocarbonyl (C=S) groups is 1. The molecule has 3 rings (SSSR count). The summed E-state index contributed by atoms with van der Waals surface area (Å²) in [5.41, 5.74) is 6.09. The highest BCUT2D eigenvalue weighted by Gasteiger charge is 2.06. The van der Waals surface area contributed by atoms with E-state index in [-0.39, 0.29) is 6.10 Å². The van der Waals surface area contributed by atoms with Gasteiger partial charge in [0.2, 0.25) is 0 Å². The van der Waals surface area contributed by atoms with Crippen molar-refractivity contribution >= 4 is 23.5 Å². The zero-order valence-corrected chi connectivity index (χ0v) is 16.5. The molecule has 142 valence electrons. The van der Waals surface area contributed by atoms with E-state index >= 15 is 0 Å². The van der Waals surface area contributed by atoms with Gasteiger partial charge >= 0.3 is 0 Å². The van der Waals surface area contributed by atoms with E-state index in [2.05, 4.69) is 28.0 Å². The van der Waals surface area contributed by atoms with Crippen LogP contribution in [-0.4, -0.2) is 11.3 Å². The van der Waals surface area contributed by atoms with Crippen LogP contribution in [0.1, 0.15) is 29.7 Å². The first kappa shape index (κ1) is 19.6. The Hall–Kier alpha value is -3.18. The summed E-state index contributed by atoms with van der Waals surface area (Å²) in [5.74, 6) is 0.821.